The van der Waals surface area contributed by atoms with Gasteiger partial charge in [-0.25, -0.2) is 34.1 Å². The summed E-state index contributed by atoms with van der Waals surface area (Å²) in [6, 6.07) is 8.71. The average Bonchev–Trinajstić information content (AvgIpc) is 1.68. The van der Waals surface area contributed by atoms with Crippen LogP contribution in [0.1, 0.15) is 190 Å². The van der Waals surface area contributed by atoms with Crippen LogP contribution in [0.2, 0.25) is 0 Å². The van der Waals surface area contributed by atoms with Gasteiger partial charge in [-0.05, 0) is 120 Å². The Morgan fingerprint density at radius 3 is 1.34 bits per heavy atom. The van der Waals surface area contributed by atoms with Crippen LogP contribution in [0.5, 0.6) is 0 Å². The summed E-state index contributed by atoms with van der Waals surface area (Å²) < 4.78 is 79.5. The number of amides is 1. The van der Waals surface area contributed by atoms with Gasteiger partial charge in [0.2, 0.25) is 36.2 Å². The second-order valence-electron chi connectivity index (χ2n) is 30.9. The lowest BCUT2D eigenvalue weighted by Crippen LogP contribution is -2.74. The lowest BCUT2D eigenvalue weighted by atomic mass is 9.50. The first-order valence-corrected chi connectivity index (χ1v) is 35.3. The Bertz CT molecular complexity index is 3010. The number of nitrogens with one attached hydrogen (secondary N) is 1. The number of ether oxygens (including phenoxy) is 13. The molecule has 1 N–H and O–H groups in total. The maximum Gasteiger partial charge on any atom is 0.408 e. The molecule has 15 fully saturated rings. The van der Waals surface area contributed by atoms with Gasteiger partial charge < -0.3 is 66.9 Å². The predicted octanol–water partition coefficient (Wildman–Crippen LogP) is 9.27. The van der Waals surface area contributed by atoms with Gasteiger partial charge in [0.05, 0.1) is 38.5 Å². The first-order chi connectivity index (χ1) is 46.1. The summed E-state index contributed by atoms with van der Waals surface area (Å²) in [6.07, 6.45) is -0.923. The van der Waals surface area contributed by atoms with Crippen molar-refractivity contribution in [2.45, 2.75) is 269 Å². The third-order valence-electron chi connectivity index (χ3n) is 24.5. The van der Waals surface area contributed by atoms with E-state index in [1.807, 2.05) is 20.8 Å². The lowest BCUT2D eigenvalue weighted by molar-refractivity contribution is -0.586. The van der Waals surface area contributed by atoms with E-state index in [-0.39, 0.29) is 54.0 Å². The first kappa shape index (κ1) is 70.3. The Balaban J connectivity index is 0.676. The number of hydrogen-bond acceptors (Lipinski definition) is 26. The highest BCUT2D eigenvalue weighted by Crippen LogP contribution is 2.67. The molecule has 15 aliphatic rings. The molecule has 16 rings (SSSR count). The van der Waals surface area contributed by atoms with Gasteiger partial charge in [0.1, 0.15) is 32.0 Å². The van der Waals surface area contributed by atoms with Crippen molar-refractivity contribution < 1.29 is 124 Å². The van der Waals surface area contributed by atoms with Crippen LogP contribution in [0.15, 0.2) is 30.3 Å². The van der Waals surface area contributed by atoms with Crippen molar-refractivity contribution in [3.63, 3.8) is 0 Å². The standard InChI is InChI=1S/C70H97NO26/c1-38-16-18-48-41(4)56(86-59-68(48)45(38)27-31-64(8,89-59)92-95-68)83-53(75)23-20-50(72)80-35-67(71-62(78)79-34-44-14-12-11-13-15-44,36-81-51(73)21-24-54(76)84-57-42(5)49-19-17-39(2)46-28-32-65(9)90-60(87-57)69(46,49)96-93-65)37-82-52(74)22-25-55(77)85-58-43(6)63(7)30-26-40(3)47-29-33-66(10)91-61(88-58)70(47,63)97-94-66/h11-15,38-43,45-49,56-61H,16-37H2,1-10H3,(H,71,78)/t38-,39-,40-,41-,42-,43+,45+,46+,47+,48+,49+,56-,57-,58-,59-,60-,61-,63+,64+,65+,66+,68-,69-,70+/m1/s1. The molecule has 3 aliphatic carbocycles. The SMILES string of the molecule is C[C@H]1[C@H](OC(=O)CCC(=O)OCC(COC(=O)CCC(=O)O[C@@H]2O[C@@H]3O[C@]4(C)CC[C@H]5[C@H](C)CC[C@@H]([C@H]2C)[C@@]35OO4)(COC(=O)CCC(=O)O[C@@H]2O[C@@H]3O[C@]4(C)CC[C@H]5[C@H](C)CC[C@@](C)([C@H]2C)[C@@]35OO4)NC(=O)OCc2ccccc2)O[C@@H]2O[C@]3(C)CC[C@H]4[C@H](C)CC[C@@H]1[C@@]24OO3. The minimum Gasteiger partial charge on any atom is -0.463 e. The normalized spacial score (nSPS) is 44.0. The number of alkyl carbamates (subject to hydrolysis) is 1. The maximum absolute atomic E-state index is 14.0. The molecule has 3 spiro atoms. The van der Waals surface area contributed by atoms with E-state index in [4.69, 9.17) is 90.9 Å². The topological polar surface area (TPSA) is 307 Å². The zero-order valence-corrected chi connectivity index (χ0v) is 57.4. The van der Waals surface area contributed by atoms with Gasteiger partial charge in [0, 0.05) is 54.3 Å². The summed E-state index contributed by atoms with van der Waals surface area (Å²) >= 11 is 0. The quantitative estimate of drug-likeness (QED) is 0.0680. The van der Waals surface area contributed by atoms with Crippen molar-refractivity contribution >= 4 is 41.9 Å². The van der Waals surface area contributed by atoms with E-state index in [2.05, 4.69) is 33.0 Å². The summed E-state index contributed by atoms with van der Waals surface area (Å²) in [5.74, 6) is -8.76. The molecule has 538 valence electrons. The predicted molar refractivity (Wildman–Crippen MR) is 326 cm³/mol. The molecular formula is C70H97NO26. The minimum absolute atomic E-state index is 0.0427. The highest BCUT2D eigenvalue weighted by molar-refractivity contribution is 5.79. The zero-order valence-electron chi connectivity index (χ0n) is 57.4. The van der Waals surface area contributed by atoms with E-state index in [1.165, 1.54) is 0 Å². The fraction of sp³-hybridized carbons (Fsp3) is 0.814. The Morgan fingerprint density at radius 1 is 0.443 bits per heavy atom. The summed E-state index contributed by atoms with van der Waals surface area (Å²) in [5, 5.41) is 2.61. The Kier molecular flexibility index (Phi) is 19.5. The van der Waals surface area contributed by atoms with Gasteiger partial charge in [0.15, 0.2) is 35.7 Å². The fourth-order valence-corrected chi connectivity index (χ4v) is 18.6. The van der Waals surface area contributed by atoms with Crippen molar-refractivity contribution in [1.29, 1.82) is 0 Å². The summed E-state index contributed by atoms with van der Waals surface area (Å²) in [5.41, 5.74) is -4.90. The molecule has 1 aromatic rings. The van der Waals surface area contributed by atoms with Crippen LogP contribution in [0.3, 0.4) is 0 Å². The molecule has 12 saturated heterocycles. The van der Waals surface area contributed by atoms with Crippen molar-refractivity contribution in [3.05, 3.63) is 35.9 Å². The molecule has 1 aromatic carbocycles. The lowest BCUT2D eigenvalue weighted by Gasteiger charge is -2.65. The average molecular weight is 1370 g/mol. The smallest absolute Gasteiger partial charge is 0.408 e. The van der Waals surface area contributed by atoms with Crippen LogP contribution in [0, 0.1) is 70.5 Å². The van der Waals surface area contributed by atoms with Crippen LogP contribution < -0.4 is 5.32 Å². The third-order valence-corrected chi connectivity index (χ3v) is 24.5. The number of carbonyl (C=O) groups is 7. The number of esters is 6. The fourth-order valence-electron chi connectivity index (χ4n) is 18.6. The van der Waals surface area contributed by atoms with Gasteiger partial charge in [-0.15, -0.1) is 0 Å². The van der Waals surface area contributed by atoms with Gasteiger partial charge >= 0.3 is 41.9 Å². The number of hydrogen-bond donors (Lipinski definition) is 1. The van der Waals surface area contributed by atoms with Crippen molar-refractivity contribution in [1.82, 2.24) is 5.32 Å². The number of rotatable bonds is 21. The second-order valence-corrected chi connectivity index (χ2v) is 30.9. The molecule has 0 aromatic heterocycles. The van der Waals surface area contributed by atoms with Crippen LogP contribution in [-0.2, 0) is 126 Å². The summed E-state index contributed by atoms with van der Waals surface area (Å²) in [6.45, 7) is 17.1. The Hall–Kier alpha value is -5.17. The first-order valence-electron chi connectivity index (χ1n) is 35.3. The minimum atomic E-state index is -2.11. The monoisotopic (exact) mass is 1370 g/mol. The van der Waals surface area contributed by atoms with Crippen molar-refractivity contribution in [2.75, 3.05) is 19.8 Å². The number of carbonyl (C=O) groups excluding carboxylic acids is 7. The van der Waals surface area contributed by atoms with E-state index >= 15 is 0 Å². The summed E-state index contributed by atoms with van der Waals surface area (Å²) in [7, 11) is 0. The molecular weight excluding hydrogens is 1270 g/mol. The van der Waals surface area contributed by atoms with Crippen LogP contribution in [0.4, 0.5) is 4.79 Å². The van der Waals surface area contributed by atoms with Crippen molar-refractivity contribution in [2.24, 2.45) is 70.5 Å². The molecule has 0 unspecified atom stereocenters. The van der Waals surface area contributed by atoms with Crippen molar-refractivity contribution in [3.8, 4) is 0 Å². The molecule has 97 heavy (non-hydrogen) atoms. The van der Waals surface area contributed by atoms with E-state index in [0.717, 1.165) is 51.4 Å². The molecule has 12 heterocycles. The van der Waals surface area contributed by atoms with E-state index < -0.39 is 189 Å². The van der Waals surface area contributed by atoms with E-state index in [9.17, 15) is 33.6 Å². The largest absolute Gasteiger partial charge is 0.463 e. The molecule has 24 atom stereocenters. The van der Waals surface area contributed by atoms with Gasteiger partial charge in [-0.3, -0.25) is 28.8 Å². The Labute approximate surface area is 564 Å². The van der Waals surface area contributed by atoms with Crippen LogP contribution >= 0.6 is 0 Å². The van der Waals surface area contributed by atoms with E-state index in [0.29, 0.717) is 43.1 Å². The summed E-state index contributed by atoms with van der Waals surface area (Å²) in [4.78, 5) is 134. The molecule has 6 bridgehead atoms. The van der Waals surface area contributed by atoms with E-state index in [1.54, 1.807) is 51.1 Å². The molecule has 27 nitrogen and oxygen atoms in total. The molecule has 1 amide bonds. The molecule has 27 heteroatoms. The van der Waals surface area contributed by atoms with Gasteiger partial charge in [-0.1, -0.05) is 78.8 Å². The molecule has 3 saturated carbocycles. The highest BCUT2D eigenvalue weighted by Gasteiger charge is 2.76. The zero-order chi connectivity index (χ0) is 68.7. The second kappa shape index (κ2) is 27.0. The number of benzene rings is 1. The Morgan fingerprint density at radius 2 is 0.856 bits per heavy atom. The number of fused-ring (bicyclic) bond motifs is 6. The molecule has 12 aliphatic heterocycles. The molecule has 0 radical (unpaired) electrons. The highest BCUT2D eigenvalue weighted by atomic mass is 17.3. The van der Waals surface area contributed by atoms with Crippen LogP contribution in [-0.4, -0.2) is 139 Å². The maximum atomic E-state index is 14.0. The third kappa shape index (κ3) is 13.0. The van der Waals surface area contributed by atoms with Gasteiger partial charge in [0.25, 0.3) is 0 Å². The van der Waals surface area contributed by atoms with Crippen LogP contribution in [0.25, 0.3) is 0 Å². The van der Waals surface area contributed by atoms with Gasteiger partial charge in [-0.2, -0.15) is 0 Å².